The summed E-state index contributed by atoms with van der Waals surface area (Å²) < 4.78 is 12.9. The number of rotatable bonds is 3. The van der Waals surface area contributed by atoms with E-state index in [9.17, 15) is 14.0 Å². The first-order valence-corrected chi connectivity index (χ1v) is 6.30. The first kappa shape index (κ1) is 13.5. The largest absolute Gasteiger partial charge is 0.345 e. The van der Waals surface area contributed by atoms with Gasteiger partial charge >= 0.3 is 0 Å². The van der Waals surface area contributed by atoms with Gasteiger partial charge in [-0.05, 0) is 23.6 Å². The Morgan fingerprint density at radius 1 is 1.32 bits per heavy atom. The number of hydrogen-bond acceptors (Lipinski definition) is 2. The van der Waals surface area contributed by atoms with Gasteiger partial charge in [-0.25, -0.2) is 4.39 Å². The number of benzene rings is 1. The van der Waals surface area contributed by atoms with E-state index in [4.69, 9.17) is 0 Å². The van der Waals surface area contributed by atoms with Crippen molar-refractivity contribution in [1.82, 2.24) is 10.2 Å². The van der Waals surface area contributed by atoms with Crippen LogP contribution in [0.3, 0.4) is 0 Å². The zero-order valence-corrected chi connectivity index (χ0v) is 11.0. The molecule has 0 saturated carbocycles. The van der Waals surface area contributed by atoms with Crippen molar-refractivity contribution >= 4 is 11.8 Å². The Balaban J connectivity index is 2.21. The van der Waals surface area contributed by atoms with Crippen molar-refractivity contribution in [3.63, 3.8) is 0 Å². The number of nitrogens with zero attached hydrogens (tertiary/aromatic N) is 1. The third-order valence-electron chi connectivity index (χ3n) is 3.24. The Morgan fingerprint density at radius 3 is 2.53 bits per heavy atom. The maximum absolute atomic E-state index is 12.9. The molecule has 5 heteroatoms. The number of halogens is 1. The van der Waals surface area contributed by atoms with E-state index in [-0.39, 0.29) is 30.1 Å². The monoisotopic (exact) mass is 264 g/mol. The molecule has 1 atom stereocenters. The van der Waals surface area contributed by atoms with Crippen LogP contribution < -0.4 is 5.32 Å². The molecule has 1 unspecified atom stereocenters. The van der Waals surface area contributed by atoms with Gasteiger partial charge in [-0.15, -0.1) is 0 Å². The van der Waals surface area contributed by atoms with Crippen LogP contribution in [0.1, 0.15) is 19.4 Å². The molecule has 1 aromatic carbocycles. The van der Waals surface area contributed by atoms with E-state index in [2.05, 4.69) is 5.32 Å². The lowest BCUT2D eigenvalue weighted by Gasteiger charge is -2.37. The first-order valence-electron chi connectivity index (χ1n) is 6.30. The Kier molecular flexibility index (Phi) is 3.83. The van der Waals surface area contributed by atoms with Gasteiger partial charge in [0.05, 0.1) is 6.54 Å². The van der Waals surface area contributed by atoms with E-state index in [0.717, 1.165) is 5.56 Å². The molecule has 4 nitrogen and oxygen atoms in total. The molecule has 2 amide bonds. The minimum atomic E-state index is -0.466. The van der Waals surface area contributed by atoms with Crippen LogP contribution in [0.2, 0.25) is 0 Å². The average Bonchev–Trinajstić information content (AvgIpc) is 2.36. The van der Waals surface area contributed by atoms with Crippen molar-refractivity contribution in [2.45, 2.75) is 26.4 Å². The van der Waals surface area contributed by atoms with Crippen molar-refractivity contribution in [3.05, 3.63) is 35.6 Å². The minimum Gasteiger partial charge on any atom is -0.345 e. The SMILES string of the molecule is CC(C)C1C(=O)NCC(=O)N1Cc1ccc(F)cc1. The molecule has 0 radical (unpaired) electrons. The van der Waals surface area contributed by atoms with E-state index < -0.39 is 6.04 Å². The van der Waals surface area contributed by atoms with Gasteiger partial charge in [0.1, 0.15) is 11.9 Å². The van der Waals surface area contributed by atoms with Crippen molar-refractivity contribution < 1.29 is 14.0 Å². The number of nitrogens with one attached hydrogen (secondary N) is 1. The molecule has 1 aliphatic heterocycles. The molecule has 102 valence electrons. The molecule has 19 heavy (non-hydrogen) atoms. The lowest BCUT2D eigenvalue weighted by Crippen LogP contribution is -2.59. The van der Waals surface area contributed by atoms with Crippen LogP contribution in [0, 0.1) is 11.7 Å². The summed E-state index contributed by atoms with van der Waals surface area (Å²) >= 11 is 0. The molecule has 1 N–H and O–H groups in total. The first-order chi connectivity index (χ1) is 8.99. The van der Waals surface area contributed by atoms with Crippen LogP contribution >= 0.6 is 0 Å². The summed E-state index contributed by atoms with van der Waals surface area (Å²) in [6.07, 6.45) is 0. The fourth-order valence-corrected chi connectivity index (χ4v) is 2.30. The van der Waals surface area contributed by atoms with Gasteiger partial charge < -0.3 is 10.2 Å². The van der Waals surface area contributed by atoms with Gasteiger partial charge in [-0.1, -0.05) is 26.0 Å². The zero-order valence-electron chi connectivity index (χ0n) is 11.0. The van der Waals surface area contributed by atoms with Gasteiger partial charge in [-0.3, -0.25) is 9.59 Å². The zero-order chi connectivity index (χ0) is 14.0. The van der Waals surface area contributed by atoms with Gasteiger partial charge in [0.2, 0.25) is 11.8 Å². The van der Waals surface area contributed by atoms with Crippen LogP contribution in [-0.2, 0) is 16.1 Å². The molecule has 1 aliphatic rings. The summed E-state index contributed by atoms with van der Waals surface area (Å²) in [5.74, 6) is -0.518. The van der Waals surface area contributed by atoms with Crippen molar-refractivity contribution in [3.8, 4) is 0 Å². The fourth-order valence-electron chi connectivity index (χ4n) is 2.30. The Morgan fingerprint density at radius 2 is 1.95 bits per heavy atom. The summed E-state index contributed by atoms with van der Waals surface area (Å²) in [4.78, 5) is 25.4. The summed E-state index contributed by atoms with van der Waals surface area (Å²) in [5.41, 5.74) is 0.815. The lowest BCUT2D eigenvalue weighted by molar-refractivity contribution is -0.148. The molecule has 0 aliphatic carbocycles. The van der Waals surface area contributed by atoms with Crippen LogP contribution in [0.15, 0.2) is 24.3 Å². The molecule has 1 heterocycles. The molecule has 0 aromatic heterocycles. The number of carbonyl (C=O) groups excluding carboxylic acids is 2. The second kappa shape index (κ2) is 5.38. The Bertz CT molecular complexity index is 485. The molecule has 1 saturated heterocycles. The second-order valence-electron chi connectivity index (χ2n) is 5.05. The topological polar surface area (TPSA) is 49.4 Å². The number of amides is 2. The summed E-state index contributed by atoms with van der Waals surface area (Å²) in [6, 6.07) is 5.51. The molecule has 0 bridgehead atoms. The minimum absolute atomic E-state index is 0.0310. The van der Waals surface area contributed by atoms with Crippen LogP contribution in [0.5, 0.6) is 0 Å². The molecule has 0 spiro atoms. The fraction of sp³-hybridized carbons (Fsp3) is 0.429. The highest BCUT2D eigenvalue weighted by atomic mass is 19.1. The number of piperazine rings is 1. The van der Waals surface area contributed by atoms with Crippen LogP contribution in [0.25, 0.3) is 0 Å². The van der Waals surface area contributed by atoms with Crippen molar-refractivity contribution in [2.24, 2.45) is 5.92 Å². The van der Waals surface area contributed by atoms with Crippen molar-refractivity contribution in [1.29, 1.82) is 0 Å². The van der Waals surface area contributed by atoms with E-state index >= 15 is 0 Å². The molecule has 1 fully saturated rings. The molecular weight excluding hydrogens is 247 g/mol. The van der Waals surface area contributed by atoms with E-state index in [1.54, 1.807) is 17.0 Å². The van der Waals surface area contributed by atoms with E-state index in [1.807, 2.05) is 13.8 Å². The van der Waals surface area contributed by atoms with Gasteiger partial charge in [0.25, 0.3) is 0 Å². The summed E-state index contributed by atoms with van der Waals surface area (Å²) in [6.45, 7) is 4.17. The third kappa shape index (κ3) is 2.92. The van der Waals surface area contributed by atoms with Gasteiger partial charge in [-0.2, -0.15) is 0 Å². The van der Waals surface area contributed by atoms with E-state index in [1.165, 1.54) is 12.1 Å². The van der Waals surface area contributed by atoms with Crippen molar-refractivity contribution in [2.75, 3.05) is 6.54 Å². The maximum atomic E-state index is 12.9. The predicted molar refractivity (Wildman–Crippen MR) is 68.6 cm³/mol. The summed E-state index contributed by atoms with van der Waals surface area (Å²) in [7, 11) is 0. The van der Waals surface area contributed by atoms with Crippen LogP contribution in [0.4, 0.5) is 4.39 Å². The van der Waals surface area contributed by atoms with Gasteiger partial charge in [0, 0.05) is 6.54 Å². The number of hydrogen-bond donors (Lipinski definition) is 1. The standard InChI is InChI=1S/C14H17FN2O2/c1-9(2)13-14(19)16-7-12(18)17(13)8-10-3-5-11(15)6-4-10/h3-6,9,13H,7-8H2,1-2H3,(H,16,19). The highest BCUT2D eigenvalue weighted by Gasteiger charge is 2.36. The predicted octanol–water partition coefficient (Wildman–Crippen LogP) is 1.31. The molecule has 2 rings (SSSR count). The quantitative estimate of drug-likeness (QED) is 0.895. The second-order valence-corrected chi connectivity index (χ2v) is 5.05. The third-order valence-corrected chi connectivity index (χ3v) is 3.24. The van der Waals surface area contributed by atoms with E-state index in [0.29, 0.717) is 6.54 Å². The van der Waals surface area contributed by atoms with Crippen LogP contribution in [-0.4, -0.2) is 29.3 Å². The van der Waals surface area contributed by atoms with Gasteiger partial charge in [0.15, 0.2) is 0 Å². The normalized spacial score (nSPS) is 19.8. The average molecular weight is 264 g/mol. The Hall–Kier alpha value is -1.91. The highest BCUT2D eigenvalue weighted by Crippen LogP contribution is 2.18. The Labute approximate surface area is 111 Å². The number of carbonyl (C=O) groups is 2. The smallest absolute Gasteiger partial charge is 0.243 e. The molecule has 1 aromatic rings. The highest BCUT2D eigenvalue weighted by molar-refractivity contribution is 5.94. The summed E-state index contributed by atoms with van der Waals surface area (Å²) in [5, 5.41) is 2.60. The maximum Gasteiger partial charge on any atom is 0.243 e. The molecular formula is C14H17FN2O2. The lowest BCUT2D eigenvalue weighted by atomic mass is 9.98.